The highest BCUT2D eigenvalue weighted by Crippen LogP contribution is 2.13. The lowest BCUT2D eigenvalue weighted by Crippen LogP contribution is -2.35. The van der Waals surface area contributed by atoms with Crippen LogP contribution in [0.5, 0.6) is 0 Å². The van der Waals surface area contributed by atoms with Gasteiger partial charge in [0.25, 0.3) is 11.6 Å². The van der Waals surface area contributed by atoms with Crippen molar-refractivity contribution in [2.45, 2.75) is 6.04 Å². The molecular weight excluding hydrogens is 272 g/mol. The predicted octanol–water partition coefficient (Wildman–Crippen LogP) is 0.635. The maximum absolute atomic E-state index is 11.8. The molecule has 0 spiro atoms. The molecular formula is C11H10N2O5S. The lowest BCUT2D eigenvalue weighted by atomic mass is 10.2. The zero-order valence-corrected chi connectivity index (χ0v) is 10.5. The fourth-order valence-electron chi connectivity index (χ4n) is 1.65. The van der Waals surface area contributed by atoms with Gasteiger partial charge in [-0.3, -0.25) is 14.9 Å². The number of carbonyl (C=O) groups excluding carboxylic acids is 1. The number of benzene rings is 1. The van der Waals surface area contributed by atoms with Crippen molar-refractivity contribution in [1.82, 2.24) is 5.32 Å². The number of nitro groups is 1. The molecule has 1 unspecified atom stereocenters. The topological polar surface area (TPSA) is 106 Å². The number of amides is 1. The van der Waals surface area contributed by atoms with Crippen molar-refractivity contribution in [3.05, 3.63) is 51.4 Å². The number of carbonyl (C=O) groups is 1. The molecule has 0 aliphatic carbocycles. The summed E-state index contributed by atoms with van der Waals surface area (Å²) in [6.07, 6.45) is 1.40. The van der Waals surface area contributed by atoms with Crippen LogP contribution in [0.15, 0.2) is 35.7 Å². The van der Waals surface area contributed by atoms with Gasteiger partial charge in [0, 0.05) is 23.1 Å². The van der Waals surface area contributed by atoms with Gasteiger partial charge in [0.15, 0.2) is 9.84 Å². The number of rotatable bonds is 3. The summed E-state index contributed by atoms with van der Waals surface area (Å²) in [6, 6.07) is 4.51. The molecule has 1 heterocycles. The van der Waals surface area contributed by atoms with Crippen LogP contribution in [0.25, 0.3) is 0 Å². The number of nitrogens with zero attached hydrogens (tertiary/aromatic N) is 1. The molecule has 100 valence electrons. The molecule has 1 aromatic rings. The number of sulfone groups is 1. The van der Waals surface area contributed by atoms with Gasteiger partial charge >= 0.3 is 0 Å². The van der Waals surface area contributed by atoms with Crippen molar-refractivity contribution < 1.29 is 18.1 Å². The summed E-state index contributed by atoms with van der Waals surface area (Å²) in [5, 5.41) is 14.0. The molecule has 0 fully saturated rings. The molecule has 1 aliphatic rings. The smallest absolute Gasteiger partial charge is 0.269 e. The van der Waals surface area contributed by atoms with Gasteiger partial charge in [-0.15, -0.1) is 0 Å². The highest BCUT2D eigenvalue weighted by Gasteiger charge is 2.23. The van der Waals surface area contributed by atoms with Crippen LogP contribution in [0.2, 0.25) is 0 Å². The number of hydrogen-bond acceptors (Lipinski definition) is 5. The Labute approximate surface area is 109 Å². The second kappa shape index (κ2) is 4.81. The third-order valence-electron chi connectivity index (χ3n) is 2.59. The van der Waals surface area contributed by atoms with E-state index in [4.69, 9.17) is 0 Å². The van der Waals surface area contributed by atoms with E-state index in [0.29, 0.717) is 0 Å². The molecule has 1 aromatic carbocycles. The minimum absolute atomic E-state index is 0.111. The fraction of sp³-hybridized carbons (Fsp3) is 0.182. The normalized spacial score (nSPS) is 20.1. The highest BCUT2D eigenvalue weighted by molar-refractivity contribution is 7.94. The molecule has 0 saturated heterocycles. The first-order valence-electron chi connectivity index (χ1n) is 5.34. The van der Waals surface area contributed by atoms with E-state index >= 15 is 0 Å². The van der Waals surface area contributed by atoms with Crippen molar-refractivity contribution in [2.24, 2.45) is 0 Å². The summed E-state index contributed by atoms with van der Waals surface area (Å²) in [6.45, 7) is 0. The monoisotopic (exact) mass is 282 g/mol. The van der Waals surface area contributed by atoms with Gasteiger partial charge in [-0.2, -0.15) is 0 Å². The third-order valence-corrected chi connectivity index (χ3v) is 3.98. The average molecular weight is 282 g/mol. The lowest BCUT2D eigenvalue weighted by molar-refractivity contribution is -0.384. The molecule has 1 aliphatic heterocycles. The molecule has 1 atom stereocenters. The van der Waals surface area contributed by atoms with E-state index in [1.807, 2.05) is 0 Å². The van der Waals surface area contributed by atoms with Crippen LogP contribution in [0.1, 0.15) is 10.4 Å². The Hall–Kier alpha value is -2.22. The Morgan fingerprint density at radius 3 is 2.42 bits per heavy atom. The Balaban J connectivity index is 2.05. The molecule has 0 saturated carbocycles. The second-order valence-corrected chi connectivity index (χ2v) is 5.97. The van der Waals surface area contributed by atoms with Gasteiger partial charge in [0.1, 0.15) is 0 Å². The Bertz CT molecular complexity index is 648. The molecule has 0 radical (unpaired) electrons. The van der Waals surface area contributed by atoms with Crippen LogP contribution in [0.4, 0.5) is 5.69 Å². The standard InChI is InChI=1S/C11H10N2O5S/c14-11(12-9-5-6-19(17,18)7-9)8-1-3-10(4-2-8)13(15)16/h1-6,9H,7H2,(H,12,14). The minimum atomic E-state index is -3.23. The summed E-state index contributed by atoms with van der Waals surface area (Å²) in [7, 11) is -3.23. The SMILES string of the molecule is O=C(NC1C=CS(=O)(=O)C1)c1ccc([N+](=O)[O-])cc1. The molecule has 2 rings (SSSR count). The number of hydrogen-bond donors (Lipinski definition) is 1. The highest BCUT2D eigenvalue weighted by atomic mass is 32.2. The van der Waals surface area contributed by atoms with Crippen LogP contribution in [0, 0.1) is 10.1 Å². The summed E-state index contributed by atoms with van der Waals surface area (Å²) in [5.74, 6) is -0.632. The van der Waals surface area contributed by atoms with Crippen molar-refractivity contribution in [3.8, 4) is 0 Å². The quantitative estimate of drug-likeness (QED) is 0.646. The predicted molar refractivity (Wildman–Crippen MR) is 67.3 cm³/mol. The van der Waals surface area contributed by atoms with Gasteiger partial charge in [-0.1, -0.05) is 0 Å². The van der Waals surface area contributed by atoms with Gasteiger partial charge in [0.05, 0.1) is 16.7 Å². The Morgan fingerprint density at radius 1 is 1.32 bits per heavy atom. The number of nitrogens with one attached hydrogen (secondary N) is 1. The van der Waals surface area contributed by atoms with Gasteiger partial charge in [0.2, 0.25) is 0 Å². The van der Waals surface area contributed by atoms with E-state index < -0.39 is 26.7 Å². The first kappa shape index (κ1) is 13.2. The average Bonchev–Trinajstić information content (AvgIpc) is 2.68. The Morgan fingerprint density at radius 2 is 1.95 bits per heavy atom. The summed E-state index contributed by atoms with van der Waals surface area (Å²) in [5.41, 5.74) is 0.128. The lowest BCUT2D eigenvalue weighted by Gasteiger charge is -2.09. The van der Waals surface area contributed by atoms with Crippen LogP contribution in [-0.4, -0.2) is 31.0 Å². The van der Waals surface area contributed by atoms with Crippen molar-refractivity contribution in [3.63, 3.8) is 0 Å². The minimum Gasteiger partial charge on any atom is -0.345 e. The van der Waals surface area contributed by atoms with E-state index in [1.165, 1.54) is 30.3 Å². The first-order valence-corrected chi connectivity index (χ1v) is 7.05. The van der Waals surface area contributed by atoms with Gasteiger partial charge < -0.3 is 5.32 Å². The number of non-ortho nitro benzene ring substituents is 1. The molecule has 1 N–H and O–H groups in total. The van der Waals surface area contributed by atoms with Crippen molar-refractivity contribution in [1.29, 1.82) is 0 Å². The molecule has 19 heavy (non-hydrogen) atoms. The molecule has 8 heteroatoms. The van der Waals surface area contributed by atoms with E-state index in [1.54, 1.807) is 0 Å². The van der Waals surface area contributed by atoms with Crippen molar-refractivity contribution in [2.75, 3.05) is 5.75 Å². The third kappa shape index (κ3) is 3.16. The van der Waals surface area contributed by atoms with E-state index in [0.717, 1.165) is 5.41 Å². The fourth-order valence-corrected chi connectivity index (χ4v) is 2.89. The van der Waals surface area contributed by atoms with Crippen molar-refractivity contribution >= 4 is 21.4 Å². The molecule has 0 bridgehead atoms. The summed E-state index contributed by atoms with van der Waals surface area (Å²) < 4.78 is 22.3. The summed E-state index contributed by atoms with van der Waals surface area (Å²) >= 11 is 0. The van der Waals surface area contributed by atoms with E-state index in [-0.39, 0.29) is 17.0 Å². The van der Waals surface area contributed by atoms with Crippen LogP contribution in [-0.2, 0) is 9.84 Å². The van der Waals surface area contributed by atoms with Gasteiger partial charge in [-0.25, -0.2) is 8.42 Å². The Kier molecular flexibility index (Phi) is 3.34. The summed E-state index contributed by atoms with van der Waals surface area (Å²) in [4.78, 5) is 21.7. The molecule has 1 amide bonds. The van der Waals surface area contributed by atoms with Gasteiger partial charge in [-0.05, 0) is 18.2 Å². The first-order chi connectivity index (χ1) is 8.87. The van der Waals surface area contributed by atoms with Crippen LogP contribution in [0.3, 0.4) is 0 Å². The molecule has 0 aromatic heterocycles. The maximum Gasteiger partial charge on any atom is 0.269 e. The molecule has 7 nitrogen and oxygen atoms in total. The largest absolute Gasteiger partial charge is 0.345 e. The zero-order chi connectivity index (χ0) is 14.0. The van der Waals surface area contributed by atoms with E-state index in [2.05, 4.69) is 5.32 Å². The van der Waals surface area contributed by atoms with Crippen LogP contribution < -0.4 is 5.32 Å². The maximum atomic E-state index is 11.8. The second-order valence-electron chi connectivity index (χ2n) is 4.04. The number of nitro benzene ring substituents is 1. The van der Waals surface area contributed by atoms with E-state index in [9.17, 15) is 23.3 Å². The van der Waals surface area contributed by atoms with Crippen LogP contribution >= 0.6 is 0 Å². The zero-order valence-electron chi connectivity index (χ0n) is 9.65.